The molecule has 0 bridgehead atoms. The van der Waals surface area contributed by atoms with Crippen LogP contribution in [-0.2, 0) is 0 Å². The molecule has 1 atom stereocenters. The smallest absolute Gasteiger partial charge is 0.128 e. The zero-order valence-corrected chi connectivity index (χ0v) is 8.79. The van der Waals surface area contributed by atoms with Gasteiger partial charge in [-0.2, -0.15) is 0 Å². The number of nitrogen functional groups attached to an aromatic ring is 1. The van der Waals surface area contributed by atoms with Crippen LogP contribution in [0.1, 0.15) is 18.0 Å². The van der Waals surface area contributed by atoms with Gasteiger partial charge in [0.05, 0.1) is 0 Å². The van der Waals surface area contributed by atoms with E-state index in [1.165, 1.54) is 0 Å². The summed E-state index contributed by atoms with van der Waals surface area (Å²) in [5.41, 5.74) is 12.4. The van der Waals surface area contributed by atoms with Crippen molar-refractivity contribution in [3.63, 3.8) is 0 Å². The number of nitrogens with zero attached hydrogens (tertiary/aromatic N) is 1. The molecule has 0 fully saturated rings. The van der Waals surface area contributed by atoms with E-state index >= 15 is 0 Å². The van der Waals surface area contributed by atoms with Crippen LogP contribution in [0.15, 0.2) is 29.4 Å². The molecule has 4 N–H and O–H groups in total. The second-order valence-corrected chi connectivity index (χ2v) is 3.67. The Bertz CT molecular complexity index is 312. The molecule has 0 unspecified atom stereocenters. The number of halogens is 1. The van der Waals surface area contributed by atoms with E-state index < -0.39 is 0 Å². The molecule has 0 saturated carbocycles. The molecule has 0 aliphatic heterocycles. The fourth-order valence-corrected chi connectivity index (χ4v) is 1.42. The molecule has 1 aromatic heterocycles. The van der Waals surface area contributed by atoms with Gasteiger partial charge in [0.1, 0.15) is 5.82 Å². The summed E-state index contributed by atoms with van der Waals surface area (Å²) in [6, 6.07) is 1.76. The van der Waals surface area contributed by atoms with Gasteiger partial charge >= 0.3 is 0 Å². The first-order valence-electron chi connectivity index (χ1n) is 3.92. The van der Waals surface area contributed by atoms with Crippen molar-refractivity contribution in [1.82, 2.24) is 4.98 Å². The highest BCUT2D eigenvalue weighted by Gasteiger charge is 2.09. The summed E-state index contributed by atoms with van der Waals surface area (Å²) in [5, 5.41) is 0. The normalized spacial score (nSPS) is 12.5. The lowest BCUT2D eigenvalue weighted by atomic mass is 10.1. The molecule has 13 heavy (non-hydrogen) atoms. The Labute approximate surface area is 86.0 Å². The van der Waals surface area contributed by atoms with E-state index in [0.717, 1.165) is 10.0 Å². The van der Waals surface area contributed by atoms with Crippen molar-refractivity contribution < 1.29 is 0 Å². The highest BCUT2D eigenvalue weighted by molar-refractivity contribution is 9.10. The average Bonchev–Trinajstić information content (AvgIpc) is 2.09. The molecule has 0 saturated heterocycles. The molecule has 0 radical (unpaired) electrons. The molecule has 0 aromatic carbocycles. The molecule has 0 aliphatic carbocycles. The zero-order valence-electron chi connectivity index (χ0n) is 7.20. The Hall–Kier alpha value is -0.870. The number of nitrogens with two attached hydrogens (primary N) is 2. The maximum Gasteiger partial charge on any atom is 0.128 e. The molecule has 70 valence electrons. The molecule has 1 rings (SSSR count). The minimum atomic E-state index is -0.123. The number of hydrogen-bond acceptors (Lipinski definition) is 3. The third kappa shape index (κ3) is 2.54. The topological polar surface area (TPSA) is 64.9 Å². The highest BCUT2D eigenvalue weighted by Crippen LogP contribution is 2.22. The van der Waals surface area contributed by atoms with Crippen LogP contribution >= 0.6 is 15.9 Å². The van der Waals surface area contributed by atoms with Gasteiger partial charge in [-0.1, -0.05) is 6.08 Å². The number of aromatic nitrogens is 1. The predicted molar refractivity (Wildman–Crippen MR) is 58.1 cm³/mol. The van der Waals surface area contributed by atoms with E-state index in [-0.39, 0.29) is 6.04 Å². The summed E-state index contributed by atoms with van der Waals surface area (Å²) in [4.78, 5) is 4.00. The molecule has 0 amide bonds. The summed E-state index contributed by atoms with van der Waals surface area (Å²) in [6.07, 6.45) is 4.12. The lowest BCUT2D eigenvalue weighted by molar-refractivity contribution is 0.740. The first-order valence-corrected chi connectivity index (χ1v) is 4.72. The van der Waals surface area contributed by atoms with Crippen molar-refractivity contribution in [3.8, 4) is 0 Å². The summed E-state index contributed by atoms with van der Waals surface area (Å²) in [7, 11) is 0. The van der Waals surface area contributed by atoms with Crippen molar-refractivity contribution in [2.75, 3.05) is 5.73 Å². The monoisotopic (exact) mass is 241 g/mol. The van der Waals surface area contributed by atoms with Crippen LogP contribution in [-0.4, -0.2) is 4.98 Å². The highest BCUT2D eigenvalue weighted by atomic mass is 79.9. The van der Waals surface area contributed by atoms with E-state index in [4.69, 9.17) is 11.5 Å². The minimum Gasteiger partial charge on any atom is -0.383 e. The van der Waals surface area contributed by atoms with Gasteiger partial charge in [-0.05, 0) is 28.4 Å². The summed E-state index contributed by atoms with van der Waals surface area (Å²) < 4.78 is 0.885. The molecule has 4 heteroatoms. The molecular formula is C9H12BrN3. The summed E-state index contributed by atoms with van der Waals surface area (Å²) in [6.45, 7) is 3.63. The SMILES string of the molecule is C=CC[C@H](N)c1cc(Br)cnc1N. The molecule has 1 aromatic rings. The molecule has 0 spiro atoms. The second kappa shape index (κ2) is 4.39. The quantitative estimate of drug-likeness (QED) is 0.796. The zero-order chi connectivity index (χ0) is 9.84. The van der Waals surface area contributed by atoms with Crippen molar-refractivity contribution >= 4 is 21.7 Å². The summed E-state index contributed by atoms with van der Waals surface area (Å²) >= 11 is 3.32. The Morgan fingerprint density at radius 1 is 1.69 bits per heavy atom. The lowest BCUT2D eigenvalue weighted by Gasteiger charge is -2.11. The van der Waals surface area contributed by atoms with Gasteiger partial charge in [0.15, 0.2) is 0 Å². The first-order chi connectivity index (χ1) is 6.15. The van der Waals surface area contributed by atoms with Gasteiger partial charge in [0.25, 0.3) is 0 Å². The van der Waals surface area contributed by atoms with Crippen LogP contribution in [0.3, 0.4) is 0 Å². The van der Waals surface area contributed by atoms with Gasteiger partial charge < -0.3 is 11.5 Å². The van der Waals surface area contributed by atoms with Crippen LogP contribution < -0.4 is 11.5 Å². The van der Waals surface area contributed by atoms with Gasteiger partial charge in [-0.3, -0.25) is 0 Å². The van der Waals surface area contributed by atoms with Gasteiger partial charge in [0.2, 0.25) is 0 Å². The summed E-state index contributed by atoms with van der Waals surface area (Å²) in [5.74, 6) is 0.484. The van der Waals surface area contributed by atoms with E-state index in [2.05, 4.69) is 27.5 Å². The van der Waals surface area contributed by atoms with Crippen LogP contribution in [0, 0.1) is 0 Å². The van der Waals surface area contributed by atoms with Gasteiger partial charge in [-0.15, -0.1) is 6.58 Å². The average molecular weight is 242 g/mol. The standard InChI is InChI=1S/C9H12BrN3/c1-2-3-8(11)7-4-6(10)5-13-9(7)12/h2,4-5,8H,1,3,11H2,(H2,12,13)/t8-/m0/s1. The Morgan fingerprint density at radius 2 is 2.38 bits per heavy atom. The minimum absolute atomic E-state index is 0.123. The molecule has 0 aliphatic rings. The van der Waals surface area contributed by atoms with E-state index in [9.17, 15) is 0 Å². The third-order valence-corrected chi connectivity index (χ3v) is 2.17. The fraction of sp³-hybridized carbons (Fsp3) is 0.222. The first kappa shape index (κ1) is 10.2. The number of anilines is 1. The fourth-order valence-electron chi connectivity index (χ4n) is 1.07. The Balaban J connectivity index is 2.97. The number of pyridine rings is 1. The largest absolute Gasteiger partial charge is 0.383 e. The maximum absolute atomic E-state index is 5.86. The van der Waals surface area contributed by atoms with Crippen molar-refractivity contribution in [1.29, 1.82) is 0 Å². The van der Waals surface area contributed by atoms with E-state index in [1.807, 2.05) is 6.07 Å². The Morgan fingerprint density at radius 3 is 3.00 bits per heavy atom. The van der Waals surface area contributed by atoms with Crippen molar-refractivity contribution in [2.24, 2.45) is 5.73 Å². The van der Waals surface area contributed by atoms with Gasteiger partial charge in [0, 0.05) is 22.3 Å². The van der Waals surface area contributed by atoms with E-state index in [1.54, 1.807) is 12.3 Å². The van der Waals surface area contributed by atoms with Crippen LogP contribution in [0.2, 0.25) is 0 Å². The van der Waals surface area contributed by atoms with Crippen molar-refractivity contribution in [3.05, 3.63) is 35.0 Å². The number of rotatable bonds is 3. The van der Waals surface area contributed by atoms with E-state index in [0.29, 0.717) is 12.2 Å². The van der Waals surface area contributed by atoms with Crippen molar-refractivity contribution in [2.45, 2.75) is 12.5 Å². The Kier molecular flexibility index (Phi) is 3.45. The third-order valence-electron chi connectivity index (χ3n) is 1.74. The van der Waals surface area contributed by atoms with Crippen LogP contribution in [0.25, 0.3) is 0 Å². The van der Waals surface area contributed by atoms with Gasteiger partial charge in [-0.25, -0.2) is 4.98 Å². The lowest BCUT2D eigenvalue weighted by Crippen LogP contribution is -2.12. The maximum atomic E-state index is 5.86. The number of hydrogen-bond donors (Lipinski definition) is 2. The predicted octanol–water partition coefficient (Wildman–Crippen LogP) is 2.00. The van der Waals surface area contributed by atoms with Crippen LogP contribution in [0.5, 0.6) is 0 Å². The molecular weight excluding hydrogens is 230 g/mol. The van der Waals surface area contributed by atoms with Crippen LogP contribution in [0.4, 0.5) is 5.82 Å². The molecule has 1 heterocycles. The molecule has 3 nitrogen and oxygen atoms in total. The second-order valence-electron chi connectivity index (χ2n) is 2.76.